The Hall–Kier alpha value is -1.36. The van der Waals surface area contributed by atoms with Crippen molar-refractivity contribution in [3.05, 3.63) is 28.4 Å². The molecule has 1 unspecified atom stereocenters. The van der Waals surface area contributed by atoms with Gasteiger partial charge in [-0.2, -0.15) is 0 Å². The number of allylic oxidation sites excluding steroid dienone is 2. The lowest BCUT2D eigenvalue weighted by molar-refractivity contribution is 0.229. The molecule has 0 spiro atoms. The summed E-state index contributed by atoms with van der Waals surface area (Å²) in [5, 5.41) is 0. The summed E-state index contributed by atoms with van der Waals surface area (Å²) in [5.74, 6) is 1.25. The first-order valence-electron chi connectivity index (χ1n) is 7.79. The maximum atomic E-state index is 5.90. The zero-order chi connectivity index (χ0) is 15.9. The van der Waals surface area contributed by atoms with Crippen LogP contribution in [0.25, 0.3) is 0 Å². The van der Waals surface area contributed by atoms with Crippen LogP contribution < -0.4 is 4.74 Å². The van der Waals surface area contributed by atoms with Crippen LogP contribution in [0.4, 0.5) is 5.69 Å². The monoisotopic (exact) mass is 365 g/mol. The summed E-state index contributed by atoms with van der Waals surface area (Å²) in [4.78, 5) is 11.0. The van der Waals surface area contributed by atoms with E-state index in [1.165, 1.54) is 6.42 Å². The van der Waals surface area contributed by atoms with Crippen molar-refractivity contribution in [2.24, 2.45) is 10.9 Å². The normalized spacial score (nSPS) is 17.9. The molecule has 0 amide bonds. The Morgan fingerprint density at radius 2 is 2.32 bits per heavy atom. The van der Waals surface area contributed by atoms with Gasteiger partial charge in [0.05, 0.1) is 28.8 Å². The van der Waals surface area contributed by atoms with E-state index >= 15 is 0 Å². The standard InChI is InChI=1S/C17H24BrN3O/c1-4-21(3)12-19-16-10-15(18)17(20-13(16)2)22-11-14-8-6-5-7-9-14/h5-6,10,12,14H,4,7-9,11H2,1-3H3. The molecule has 1 aliphatic rings. The average molecular weight is 366 g/mol. The first-order valence-corrected chi connectivity index (χ1v) is 8.58. The molecule has 1 aromatic heterocycles. The quantitative estimate of drug-likeness (QED) is 0.423. The number of hydrogen-bond donors (Lipinski definition) is 0. The fourth-order valence-electron chi connectivity index (χ4n) is 2.23. The van der Waals surface area contributed by atoms with E-state index in [9.17, 15) is 0 Å². The summed E-state index contributed by atoms with van der Waals surface area (Å²) in [6.07, 6.45) is 9.76. The second-order valence-corrected chi connectivity index (χ2v) is 6.51. The molecule has 0 aromatic carbocycles. The molecule has 1 atom stereocenters. The topological polar surface area (TPSA) is 37.7 Å². The molecule has 0 aliphatic heterocycles. The van der Waals surface area contributed by atoms with Crippen LogP contribution >= 0.6 is 15.9 Å². The molecule has 0 saturated carbocycles. The van der Waals surface area contributed by atoms with Crippen LogP contribution in [0.5, 0.6) is 5.88 Å². The second-order valence-electron chi connectivity index (χ2n) is 5.66. The number of aliphatic imine (C=N–C) groups is 1. The third-order valence-electron chi connectivity index (χ3n) is 3.83. The van der Waals surface area contributed by atoms with E-state index in [0.29, 0.717) is 11.8 Å². The third kappa shape index (κ3) is 4.83. The minimum atomic E-state index is 0.593. The largest absolute Gasteiger partial charge is 0.477 e. The number of hydrogen-bond acceptors (Lipinski definition) is 3. The van der Waals surface area contributed by atoms with Gasteiger partial charge in [-0.15, -0.1) is 0 Å². The zero-order valence-corrected chi connectivity index (χ0v) is 15.1. The van der Waals surface area contributed by atoms with Crippen LogP contribution in [0.15, 0.2) is 27.7 Å². The molecule has 0 radical (unpaired) electrons. The van der Waals surface area contributed by atoms with Gasteiger partial charge in [0.1, 0.15) is 0 Å². The SMILES string of the molecule is CCN(C)C=Nc1cc(Br)c(OCC2CC=CCC2)nc1C. The van der Waals surface area contributed by atoms with Crippen LogP contribution in [0.3, 0.4) is 0 Å². The van der Waals surface area contributed by atoms with Gasteiger partial charge in [0.2, 0.25) is 5.88 Å². The van der Waals surface area contributed by atoms with E-state index in [4.69, 9.17) is 4.74 Å². The lowest BCUT2D eigenvalue weighted by Gasteiger charge is -2.18. The predicted octanol–water partition coefficient (Wildman–Crippen LogP) is 4.50. The van der Waals surface area contributed by atoms with Crippen molar-refractivity contribution in [3.63, 3.8) is 0 Å². The van der Waals surface area contributed by atoms with Crippen LogP contribution in [-0.2, 0) is 0 Å². The van der Waals surface area contributed by atoms with Gasteiger partial charge in [0.15, 0.2) is 0 Å². The molecule has 0 saturated heterocycles. The van der Waals surface area contributed by atoms with Crippen LogP contribution in [-0.4, -0.2) is 36.4 Å². The molecular formula is C17H24BrN3O. The Morgan fingerprint density at radius 1 is 1.50 bits per heavy atom. The van der Waals surface area contributed by atoms with Crippen molar-refractivity contribution in [1.29, 1.82) is 0 Å². The van der Waals surface area contributed by atoms with Gasteiger partial charge in [-0.1, -0.05) is 12.2 Å². The van der Waals surface area contributed by atoms with Gasteiger partial charge in [-0.05, 0) is 61.0 Å². The van der Waals surface area contributed by atoms with E-state index in [2.05, 4.69) is 45.0 Å². The van der Waals surface area contributed by atoms with E-state index in [1.54, 1.807) is 0 Å². The van der Waals surface area contributed by atoms with Gasteiger partial charge >= 0.3 is 0 Å². The summed E-state index contributed by atoms with van der Waals surface area (Å²) in [6.45, 7) is 5.69. The Bertz CT molecular complexity index is 557. The van der Waals surface area contributed by atoms with Gasteiger partial charge in [0, 0.05) is 13.6 Å². The molecule has 1 aliphatic carbocycles. The van der Waals surface area contributed by atoms with Crippen molar-refractivity contribution in [1.82, 2.24) is 9.88 Å². The van der Waals surface area contributed by atoms with Crippen LogP contribution in [0.2, 0.25) is 0 Å². The van der Waals surface area contributed by atoms with E-state index in [1.807, 2.05) is 31.3 Å². The Labute approximate surface area is 141 Å². The van der Waals surface area contributed by atoms with Crippen molar-refractivity contribution >= 4 is 28.0 Å². The number of nitrogens with zero attached hydrogens (tertiary/aromatic N) is 3. The number of aromatic nitrogens is 1. The molecule has 0 N–H and O–H groups in total. The van der Waals surface area contributed by atoms with Gasteiger partial charge in [0.25, 0.3) is 0 Å². The number of halogens is 1. The maximum absolute atomic E-state index is 5.90. The summed E-state index contributed by atoms with van der Waals surface area (Å²) in [5.41, 5.74) is 1.74. The first-order chi connectivity index (χ1) is 10.6. The number of pyridine rings is 1. The van der Waals surface area contributed by atoms with E-state index in [-0.39, 0.29) is 0 Å². The Balaban J connectivity index is 2.02. The van der Waals surface area contributed by atoms with Crippen LogP contribution in [0.1, 0.15) is 31.9 Å². The van der Waals surface area contributed by atoms with Gasteiger partial charge in [-0.25, -0.2) is 9.98 Å². The molecule has 1 heterocycles. The summed E-state index contributed by atoms with van der Waals surface area (Å²) >= 11 is 3.54. The Morgan fingerprint density at radius 3 is 3.00 bits per heavy atom. The fraction of sp³-hybridized carbons (Fsp3) is 0.529. The highest BCUT2D eigenvalue weighted by atomic mass is 79.9. The number of aryl methyl sites for hydroxylation is 1. The van der Waals surface area contributed by atoms with Gasteiger partial charge in [-0.3, -0.25) is 0 Å². The minimum Gasteiger partial charge on any atom is -0.477 e. The van der Waals surface area contributed by atoms with Crippen LogP contribution in [0, 0.1) is 12.8 Å². The fourth-order valence-corrected chi connectivity index (χ4v) is 2.65. The lowest BCUT2D eigenvalue weighted by Crippen LogP contribution is -2.14. The van der Waals surface area contributed by atoms with Crippen molar-refractivity contribution < 1.29 is 4.74 Å². The molecule has 5 heteroatoms. The zero-order valence-electron chi connectivity index (χ0n) is 13.6. The highest BCUT2D eigenvalue weighted by Crippen LogP contribution is 2.30. The van der Waals surface area contributed by atoms with Gasteiger partial charge < -0.3 is 9.64 Å². The molecule has 1 aromatic rings. The highest BCUT2D eigenvalue weighted by molar-refractivity contribution is 9.10. The molecule has 0 bridgehead atoms. The number of rotatable bonds is 6. The smallest absolute Gasteiger partial charge is 0.228 e. The van der Waals surface area contributed by atoms with E-state index in [0.717, 1.165) is 41.8 Å². The average Bonchev–Trinajstić information content (AvgIpc) is 2.54. The van der Waals surface area contributed by atoms with E-state index < -0.39 is 0 Å². The molecule has 22 heavy (non-hydrogen) atoms. The minimum absolute atomic E-state index is 0.593. The van der Waals surface area contributed by atoms with Crippen molar-refractivity contribution in [2.75, 3.05) is 20.2 Å². The molecule has 4 nitrogen and oxygen atoms in total. The van der Waals surface area contributed by atoms with Crippen molar-refractivity contribution in [2.45, 2.75) is 33.1 Å². The molecule has 0 fully saturated rings. The summed E-state index contributed by atoms with van der Waals surface area (Å²) < 4.78 is 6.76. The second kappa shape index (κ2) is 8.32. The third-order valence-corrected chi connectivity index (χ3v) is 4.40. The Kier molecular flexibility index (Phi) is 6.43. The maximum Gasteiger partial charge on any atom is 0.228 e. The predicted molar refractivity (Wildman–Crippen MR) is 95.1 cm³/mol. The lowest BCUT2D eigenvalue weighted by atomic mass is 9.95. The number of ether oxygens (including phenoxy) is 1. The molecular weight excluding hydrogens is 342 g/mol. The molecule has 120 valence electrons. The summed E-state index contributed by atoms with van der Waals surface area (Å²) in [6, 6.07) is 1.97. The molecule has 2 rings (SSSR count). The summed E-state index contributed by atoms with van der Waals surface area (Å²) in [7, 11) is 2.00. The first kappa shape index (κ1) is 17.0. The van der Waals surface area contributed by atoms with Crippen molar-refractivity contribution in [3.8, 4) is 5.88 Å². The highest BCUT2D eigenvalue weighted by Gasteiger charge is 2.13.